The number of amides is 2. The van der Waals surface area contributed by atoms with Gasteiger partial charge in [-0.15, -0.1) is 0 Å². The summed E-state index contributed by atoms with van der Waals surface area (Å²) in [6.07, 6.45) is -0.907. The first-order valence-electron chi connectivity index (χ1n) is 11.2. The Kier molecular flexibility index (Phi) is 4.81. The normalized spacial score (nSPS) is 21.9. The number of hydroxylamine groups is 1. The highest BCUT2D eigenvalue weighted by molar-refractivity contribution is 6.24. The van der Waals surface area contributed by atoms with Crippen LogP contribution in [0.15, 0.2) is 97.1 Å². The van der Waals surface area contributed by atoms with Gasteiger partial charge in [0, 0.05) is 0 Å². The average Bonchev–Trinajstić information content (AvgIpc) is 3.40. The van der Waals surface area contributed by atoms with Crippen LogP contribution in [-0.4, -0.2) is 25.0 Å². The van der Waals surface area contributed by atoms with Crippen LogP contribution in [-0.2, 0) is 14.4 Å². The third kappa shape index (κ3) is 3.15. The summed E-state index contributed by atoms with van der Waals surface area (Å²) >= 11 is 0. The van der Waals surface area contributed by atoms with Crippen LogP contribution in [0, 0.1) is 5.92 Å². The third-order valence-electron chi connectivity index (χ3n) is 6.55. The fraction of sp³-hybridized carbons (Fsp3) is 0.143. The highest BCUT2D eigenvalue weighted by Crippen LogP contribution is 2.48. The van der Waals surface area contributed by atoms with Crippen LogP contribution in [0.25, 0.3) is 10.8 Å². The number of fused-ring (bicyclic) bond motifs is 2. The molecule has 0 saturated carbocycles. The van der Waals surface area contributed by atoms with Crippen LogP contribution in [0.5, 0.6) is 5.75 Å². The van der Waals surface area contributed by atoms with Crippen molar-refractivity contribution in [2.24, 2.45) is 5.92 Å². The van der Waals surface area contributed by atoms with E-state index in [0.29, 0.717) is 11.4 Å². The smallest absolute Gasteiger partial charge is 0.266 e. The molecule has 0 N–H and O–H groups in total. The monoisotopic (exact) mass is 450 g/mol. The number of anilines is 2. The number of rotatable bonds is 4. The summed E-state index contributed by atoms with van der Waals surface area (Å²) in [5, 5.41) is 3.71. The van der Waals surface area contributed by atoms with Gasteiger partial charge in [0.2, 0.25) is 5.91 Å². The zero-order chi connectivity index (χ0) is 23.2. The van der Waals surface area contributed by atoms with Gasteiger partial charge in [0.15, 0.2) is 6.10 Å². The molecule has 2 saturated heterocycles. The van der Waals surface area contributed by atoms with Crippen molar-refractivity contribution >= 4 is 34.0 Å². The van der Waals surface area contributed by atoms with Gasteiger partial charge in [-0.05, 0) is 52.7 Å². The molecule has 2 aliphatic rings. The summed E-state index contributed by atoms with van der Waals surface area (Å²) in [5.74, 6) is -0.628. The number of hydrogen-bond donors (Lipinski definition) is 0. The molecule has 0 spiro atoms. The number of imide groups is 1. The molecular weight excluding hydrogens is 428 g/mol. The molecule has 0 aromatic heterocycles. The van der Waals surface area contributed by atoms with Crippen molar-refractivity contribution in [1.29, 1.82) is 0 Å². The number of para-hydroxylation sites is 1. The second-order valence-electron chi connectivity index (χ2n) is 8.48. The first-order chi connectivity index (χ1) is 16.7. The number of carbonyl (C=O) groups excluding carboxylic acids is 2. The fourth-order valence-electron chi connectivity index (χ4n) is 4.95. The predicted molar refractivity (Wildman–Crippen MR) is 129 cm³/mol. The Bertz CT molecular complexity index is 1400. The van der Waals surface area contributed by atoms with E-state index in [2.05, 4.69) is 0 Å². The van der Waals surface area contributed by atoms with Crippen LogP contribution in [0.2, 0.25) is 0 Å². The summed E-state index contributed by atoms with van der Waals surface area (Å²) in [5.41, 5.74) is 2.18. The standard InChI is InChI=1S/C28H22N2O4/c1-33-23-13-7-10-20(17-23)25-24-26(34-30(25)21-11-3-2-4-12-21)28(32)29(27(24)31)22-15-14-18-8-5-6-9-19(18)16-22/h2-17,24-26H,1H3/t24-,25+,26-/m0/s1. The van der Waals surface area contributed by atoms with Gasteiger partial charge in [0.1, 0.15) is 11.7 Å². The molecule has 34 heavy (non-hydrogen) atoms. The van der Waals surface area contributed by atoms with Gasteiger partial charge in [-0.25, -0.2) is 9.96 Å². The molecule has 2 aliphatic heterocycles. The molecule has 0 radical (unpaired) electrons. The van der Waals surface area contributed by atoms with E-state index in [1.807, 2.05) is 97.1 Å². The van der Waals surface area contributed by atoms with Crippen LogP contribution < -0.4 is 14.7 Å². The second-order valence-corrected chi connectivity index (χ2v) is 8.48. The van der Waals surface area contributed by atoms with Crippen molar-refractivity contribution in [3.8, 4) is 5.75 Å². The molecule has 4 aromatic rings. The van der Waals surface area contributed by atoms with Crippen LogP contribution in [0.4, 0.5) is 11.4 Å². The van der Waals surface area contributed by atoms with Crippen LogP contribution in [0.1, 0.15) is 11.6 Å². The maximum Gasteiger partial charge on any atom is 0.266 e. The Labute approximate surface area is 196 Å². The summed E-state index contributed by atoms with van der Waals surface area (Å²) in [6, 6.07) is 30.1. The Balaban J connectivity index is 1.44. The summed E-state index contributed by atoms with van der Waals surface area (Å²) < 4.78 is 5.42. The molecule has 2 amide bonds. The quantitative estimate of drug-likeness (QED) is 0.414. The van der Waals surface area contributed by atoms with E-state index >= 15 is 0 Å². The van der Waals surface area contributed by atoms with Gasteiger partial charge < -0.3 is 4.74 Å². The van der Waals surface area contributed by atoms with Crippen LogP contribution >= 0.6 is 0 Å². The molecular formula is C28H22N2O4. The fourth-order valence-corrected chi connectivity index (χ4v) is 4.95. The summed E-state index contributed by atoms with van der Waals surface area (Å²) in [6.45, 7) is 0. The van der Waals surface area contributed by atoms with E-state index in [0.717, 1.165) is 22.0 Å². The minimum atomic E-state index is -0.907. The lowest BCUT2D eigenvalue weighted by atomic mass is 9.90. The van der Waals surface area contributed by atoms with Gasteiger partial charge in [-0.1, -0.05) is 60.7 Å². The Morgan fingerprint density at radius 3 is 2.29 bits per heavy atom. The van der Waals surface area contributed by atoms with E-state index in [-0.39, 0.29) is 11.8 Å². The molecule has 2 fully saturated rings. The zero-order valence-corrected chi connectivity index (χ0v) is 18.5. The molecule has 0 unspecified atom stereocenters. The lowest BCUT2D eigenvalue weighted by molar-refractivity contribution is -0.126. The molecule has 6 nitrogen and oxygen atoms in total. The minimum Gasteiger partial charge on any atom is -0.497 e. The number of hydrogen-bond acceptors (Lipinski definition) is 5. The van der Waals surface area contributed by atoms with E-state index in [1.54, 1.807) is 12.2 Å². The van der Waals surface area contributed by atoms with Crippen molar-refractivity contribution in [1.82, 2.24) is 0 Å². The predicted octanol–water partition coefficient (Wildman–Crippen LogP) is 4.90. The number of ether oxygens (including phenoxy) is 1. The first kappa shape index (κ1) is 20.4. The summed E-state index contributed by atoms with van der Waals surface area (Å²) in [4.78, 5) is 34.8. The van der Waals surface area contributed by atoms with Crippen molar-refractivity contribution in [2.45, 2.75) is 12.1 Å². The average molecular weight is 450 g/mol. The van der Waals surface area contributed by atoms with E-state index in [1.165, 1.54) is 4.90 Å². The maximum absolute atomic E-state index is 13.8. The zero-order valence-electron chi connectivity index (χ0n) is 18.5. The molecule has 6 heteroatoms. The SMILES string of the molecule is COc1cccc([C@@H]2[C@@H]3C(=O)N(c4ccc5ccccc5c4)C(=O)[C@H]3ON2c2ccccc2)c1. The van der Waals surface area contributed by atoms with Gasteiger partial charge in [-0.2, -0.15) is 0 Å². The van der Waals surface area contributed by atoms with Gasteiger partial charge in [-0.3, -0.25) is 14.4 Å². The topological polar surface area (TPSA) is 59.1 Å². The number of carbonyl (C=O) groups is 2. The van der Waals surface area contributed by atoms with E-state index < -0.39 is 18.1 Å². The van der Waals surface area contributed by atoms with Crippen molar-refractivity contribution in [2.75, 3.05) is 17.1 Å². The number of nitrogens with zero attached hydrogens (tertiary/aromatic N) is 2. The largest absolute Gasteiger partial charge is 0.497 e. The van der Waals surface area contributed by atoms with Gasteiger partial charge >= 0.3 is 0 Å². The highest BCUT2D eigenvalue weighted by Gasteiger charge is 2.60. The number of benzene rings is 4. The summed E-state index contributed by atoms with van der Waals surface area (Å²) in [7, 11) is 1.60. The van der Waals surface area contributed by atoms with Crippen LogP contribution in [0.3, 0.4) is 0 Å². The molecule has 4 aromatic carbocycles. The Morgan fingerprint density at radius 1 is 0.735 bits per heavy atom. The molecule has 6 rings (SSSR count). The van der Waals surface area contributed by atoms with E-state index in [9.17, 15) is 9.59 Å². The Morgan fingerprint density at radius 2 is 1.50 bits per heavy atom. The molecule has 2 heterocycles. The molecule has 168 valence electrons. The second kappa shape index (κ2) is 8.01. The molecule has 0 aliphatic carbocycles. The third-order valence-corrected chi connectivity index (χ3v) is 6.55. The van der Waals surface area contributed by atoms with Gasteiger partial charge in [0.25, 0.3) is 5.91 Å². The molecule has 0 bridgehead atoms. The highest BCUT2D eigenvalue weighted by atomic mass is 16.7. The van der Waals surface area contributed by atoms with Crippen molar-refractivity contribution in [3.05, 3.63) is 103 Å². The van der Waals surface area contributed by atoms with Gasteiger partial charge in [0.05, 0.1) is 24.5 Å². The lowest BCUT2D eigenvalue weighted by Gasteiger charge is -2.29. The Hall–Kier alpha value is -4.16. The molecule has 3 atom stereocenters. The first-order valence-corrected chi connectivity index (χ1v) is 11.2. The maximum atomic E-state index is 13.8. The number of methoxy groups -OCH3 is 1. The van der Waals surface area contributed by atoms with E-state index in [4.69, 9.17) is 9.57 Å². The lowest BCUT2D eigenvalue weighted by Crippen LogP contribution is -2.37. The van der Waals surface area contributed by atoms with Crippen molar-refractivity contribution < 1.29 is 19.2 Å². The minimum absolute atomic E-state index is 0.267. The van der Waals surface area contributed by atoms with Crippen molar-refractivity contribution in [3.63, 3.8) is 0 Å².